The molecule has 0 spiro atoms. The Kier molecular flexibility index (Phi) is 5.00. The molecule has 1 saturated heterocycles. The summed E-state index contributed by atoms with van der Waals surface area (Å²) in [5, 5.41) is 0. The first-order chi connectivity index (χ1) is 13.3. The van der Waals surface area contributed by atoms with Gasteiger partial charge in [0.15, 0.2) is 5.82 Å². The molecule has 0 aliphatic carbocycles. The average Bonchev–Trinajstić information content (AvgIpc) is 2.99. The van der Waals surface area contributed by atoms with E-state index >= 15 is 0 Å². The summed E-state index contributed by atoms with van der Waals surface area (Å²) in [6, 6.07) is 9.52. The van der Waals surface area contributed by atoms with Gasteiger partial charge in [-0.3, -0.25) is 9.11 Å². The molecule has 3 aromatic rings. The van der Waals surface area contributed by atoms with Crippen molar-refractivity contribution in [2.75, 3.05) is 24.2 Å². The summed E-state index contributed by atoms with van der Waals surface area (Å²) >= 11 is 0. The highest BCUT2D eigenvalue weighted by molar-refractivity contribution is 8.22. The number of imidazole rings is 1. The molecule has 1 aromatic carbocycles. The molecule has 0 radical (unpaired) electrons. The van der Waals surface area contributed by atoms with Gasteiger partial charge in [0.05, 0.1) is 22.8 Å². The summed E-state index contributed by atoms with van der Waals surface area (Å²) in [7, 11) is -0.837. The highest BCUT2D eigenvalue weighted by atomic mass is 32.3. The van der Waals surface area contributed by atoms with Crippen molar-refractivity contribution in [1.82, 2.24) is 19.3 Å². The van der Waals surface area contributed by atoms with Crippen molar-refractivity contribution in [2.24, 2.45) is 7.05 Å². The minimum atomic E-state index is -2.72. The first-order valence-electron chi connectivity index (χ1n) is 9.14. The minimum absolute atomic E-state index is 0.0472. The second kappa shape index (κ2) is 7.32. The van der Waals surface area contributed by atoms with Gasteiger partial charge < -0.3 is 9.47 Å². The first kappa shape index (κ1) is 19.1. The molecular formula is C19H24FN5O2S. The van der Waals surface area contributed by atoms with Crippen molar-refractivity contribution < 1.29 is 13.5 Å². The molecule has 28 heavy (non-hydrogen) atoms. The molecular weight excluding hydrogens is 381 g/mol. The number of nitrogens with one attached hydrogen (secondary N) is 1. The molecule has 3 N–H and O–H groups in total. The normalized spacial score (nSPS) is 16.7. The minimum Gasteiger partial charge on any atom is -0.356 e. The quantitative estimate of drug-likeness (QED) is 0.615. The zero-order valence-electron chi connectivity index (χ0n) is 15.8. The molecule has 2 aromatic heterocycles. The molecule has 0 atom stereocenters. The van der Waals surface area contributed by atoms with Gasteiger partial charge >= 0.3 is 0 Å². The Morgan fingerprint density at radius 2 is 1.93 bits per heavy atom. The van der Waals surface area contributed by atoms with E-state index in [1.165, 1.54) is 12.5 Å². The monoisotopic (exact) mass is 405 g/mol. The molecule has 1 aliphatic rings. The van der Waals surface area contributed by atoms with E-state index in [9.17, 15) is 13.5 Å². The number of rotatable bonds is 4. The molecule has 3 heterocycles. The lowest BCUT2D eigenvalue weighted by Crippen LogP contribution is -2.43. The molecule has 7 nitrogen and oxygen atoms in total. The number of aromatic nitrogens is 3. The third kappa shape index (κ3) is 3.83. The number of anilines is 1. The maximum absolute atomic E-state index is 14.6. The maximum Gasteiger partial charge on any atom is 0.152 e. The van der Waals surface area contributed by atoms with Crippen LogP contribution in [0.25, 0.3) is 22.4 Å². The van der Waals surface area contributed by atoms with Gasteiger partial charge in [0.1, 0.15) is 11.6 Å². The number of hydrogen-bond donors (Lipinski definition) is 3. The van der Waals surface area contributed by atoms with Crippen LogP contribution in [0.4, 0.5) is 10.2 Å². The fourth-order valence-electron chi connectivity index (χ4n) is 3.70. The van der Waals surface area contributed by atoms with Crippen LogP contribution in [-0.2, 0) is 7.05 Å². The maximum atomic E-state index is 14.6. The molecule has 0 saturated carbocycles. The van der Waals surface area contributed by atoms with Crippen LogP contribution in [0.5, 0.6) is 0 Å². The SMILES string of the molecule is Cn1c(-c2cc(N3CCC(NS(C)(O)O)CC3)ncc2F)nc2ccccc21. The van der Waals surface area contributed by atoms with Gasteiger partial charge in [-0.1, -0.05) is 12.1 Å². The summed E-state index contributed by atoms with van der Waals surface area (Å²) in [6.45, 7) is 1.40. The first-order valence-corrected chi connectivity index (χ1v) is 11.1. The number of fused-ring (bicyclic) bond motifs is 1. The van der Waals surface area contributed by atoms with Crippen LogP contribution in [0.1, 0.15) is 12.8 Å². The molecule has 150 valence electrons. The third-order valence-electron chi connectivity index (χ3n) is 5.08. The lowest BCUT2D eigenvalue weighted by atomic mass is 10.1. The van der Waals surface area contributed by atoms with Crippen molar-refractivity contribution in [3.63, 3.8) is 0 Å². The zero-order valence-corrected chi connectivity index (χ0v) is 16.7. The lowest BCUT2D eigenvalue weighted by molar-refractivity contribution is 0.420. The number of hydrogen-bond acceptors (Lipinski definition) is 6. The van der Waals surface area contributed by atoms with Gasteiger partial charge in [0, 0.05) is 32.4 Å². The van der Waals surface area contributed by atoms with Gasteiger partial charge in [-0.05, 0) is 31.0 Å². The van der Waals surface area contributed by atoms with Crippen LogP contribution >= 0.6 is 10.8 Å². The molecule has 0 unspecified atom stereocenters. The topological polar surface area (TPSA) is 86.4 Å². The summed E-state index contributed by atoms with van der Waals surface area (Å²) in [4.78, 5) is 11.0. The predicted molar refractivity (Wildman–Crippen MR) is 111 cm³/mol. The van der Waals surface area contributed by atoms with E-state index in [2.05, 4.69) is 19.6 Å². The Balaban J connectivity index is 1.59. The van der Waals surface area contributed by atoms with Crippen molar-refractivity contribution in [1.29, 1.82) is 0 Å². The van der Waals surface area contributed by atoms with Crippen molar-refractivity contribution in [3.8, 4) is 11.4 Å². The van der Waals surface area contributed by atoms with E-state index in [1.807, 2.05) is 35.9 Å². The number of para-hydroxylation sites is 2. The van der Waals surface area contributed by atoms with Crippen LogP contribution in [0.3, 0.4) is 0 Å². The summed E-state index contributed by atoms with van der Waals surface area (Å²) in [5.41, 5.74) is 2.19. The standard InChI is InChI=1S/C19H24FN5O2S/c1-24-17-6-4-3-5-16(17)22-19(24)14-11-18(21-12-15(14)20)25-9-7-13(8-10-25)23-28(2,26)27/h3-6,11-13,23,26-27H,7-10H2,1-2H3. The molecule has 0 bridgehead atoms. The number of aryl methyl sites for hydroxylation is 1. The van der Waals surface area contributed by atoms with Crippen LogP contribution in [0, 0.1) is 5.82 Å². The second-order valence-electron chi connectivity index (χ2n) is 7.22. The fourth-order valence-corrected chi connectivity index (χ4v) is 4.57. The predicted octanol–water partition coefficient (Wildman–Crippen LogP) is 3.63. The van der Waals surface area contributed by atoms with Gasteiger partial charge in [0.25, 0.3) is 0 Å². The van der Waals surface area contributed by atoms with E-state index < -0.39 is 16.6 Å². The summed E-state index contributed by atoms with van der Waals surface area (Å²) in [6.07, 6.45) is 4.15. The van der Waals surface area contributed by atoms with Crippen molar-refractivity contribution in [3.05, 3.63) is 42.3 Å². The fraction of sp³-hybridized carbons (Fsp3) is 0.368. The number of benzene rings is 1. The number of nitrogens with zero attached hydrogens (tertiary/aromatic N) is 4. The second-order valence-corrected chi connectivity index (χ2v) is 9.12. The smallest absolute Gasteiger partial charge is 0.152 e. The van der Waals surface area contributed by atoms with Crippen molar-refractivity contribution in [2.45, 2.75) is 18.9 Å². The van der Waals surface area contributed by atoms with E-state index in [0.717, 1.165) is 23.9 Å². The van der Waals surface area contributed by atoms with E-state index in [1.54, 1.807) is 6.07 Å². The van der Waals surface area contributed by atoms with E-state index in [4.69, 9.17) is 0 Å². The Hall–Kier alpha value is -2.20. The van der Waals surface area contributed by atoms with Crippen LogP contribution < -0.4 is 9.62 Å². The van der Waals surface area contributed by atoms with Crippen molar-refractivity contribution >= 4 is 27.6 Å². The van der Waals surface area contributed by atoms with Crippen LogP contribution in [0.2, 0.25) is 0 Å². The van der Waals surface area contributed by atoms with Gasteiger partial charge in [0.2, 0.25) is 0 Å². The van der Waals surface area contributed by atoms with E-state index in [0.29, 0.717) is 30.3 Å². The lowest BCUT2D eigenvalue weighted by Gasteiger charge is -2.38. The van der Waals surface area contributed by atoms with Gasteiger partial charge in [-0.25, -0.2) is 19.1 Å². The highest BCUT2D eigenvalue weighted by Gasteiger charge is 2.24. The number of piperidine rings is 1. The Morgan fingerprint density at radius 3 is 2.61 bits per heavy atom. The van der Waals surface area contributed by atoms with Crippen LogP contribution in [-0.4, -0.2) is 49.0 Å². The number of pyridine rings is 1. The van der Waals surface area contributed by atoms with Gasteiger partial charge in [-0.2, -0.15) is 0 Å². The summed E-state index contributed by atoms with van der Waals surface area (Å²) in [5.74, 6) is 0.863. The molecule has 1 fully saturated rings. The number of halogens is 1. The molecule has 9 heteroatoms. The van der Waals surface area contributed by atoms with E-state index in [-0.39, 0.29) is 6.04 Å². The Labute approximate surface area is 164 Å². The van der Waals surface area contributed by atoms with Crippen LogP contribution in [0.15, 0.2) is 36.5 Å². The largest absolute Gasteiger partial charge is 0.356 e. The molecule has 0 amide bonds. The molecule has 4 rings (SSSR count). The Morgan fingerprint density at radius 1 is 1.21 bits per heavy atom. The zero-order chi connectivity index (χ0) is 19.9. The Bertz CT molecular complexity index is 996. The third-order valence-corrected chi connectivity index (χ3v) is 5.86. The van der Waals surface area contributed by atoms with Gasteiger partial charge in [-0.15, -0.1) is 10.8 Å². The highest BCUT2D eigenvalue weighted by Crippen LogP contribution is 2.32. The molecule has 1 aliphatic heterocycles. The average molecular weight is 405 g/mol. The summed E-state index contributed by atoms with van der Waals surface area (Å²) < 4.78 is 38.5.